The van der Waals surface area contributed by atoms with E-state index in [1.807, 2.05) is 17.9 Å². The van der Waals surface area contributed by atoms with E-state index in [1.54, 1.807) is 0 Å². The Balaban J connectivity index is 2.11. The lowest BCUT2D eigenvalue weighted by molar-refractivity contribution is 0.601. The van der Waals surface area contributed by atoms with Gasteiger partial charge < -0.3 is 9.88 Å². The van der Waals surface area contributed by atoms with E-state index in [0.29, 0.717) is 6.04 Å². The molecule has 66 valence electrons. The summed E-state index contributed by atoms with van der Waals surface area (Å²) in [6.07, 6.45) is 5.17. The second-order valence-electron chi connectivity index (χ2n) is 3.77. The molecule has 2 atom stereocenters. The Labute approximate surface area is 72.8 Å². The minimum Gasteiger partial charge on any atom is -0.340 e. The zero-order valence-corrected chi connectivity index (χ0v) is 7.62. The molecule has 0 bridgehead atoms. The standard InChI is InChI=1S/C9H15N3/c1-7-3-8(10-4-7)9-5-12(2)6-11-9/h5-8,10H,3-4H2,1-2H3. The van der Waals surface area contributed by atoms with Crippen molar-refractivity contribution >= 4 is 0 Å². The minimum atomic E-state index is 0.487. The predicted molar refractivity (Wildman–Crippen MR) is 47.7 cm³/mol. The first-order valence-corrected chi connectivity index (χ1v) is 4.47. The van der Waals surface area contributed by atoms with E-state index < -0.39 is 0 Å². The minimum absolute atomic E-state index is 0.487. The van der Waals surface area contributed by atoms with Crippen LogP contribution in [0.4, 0.5) is 0 Å². The van der Waals surface area contributed by atoms with Crippen molar-refractivity contribution in [3.8, 4) is 0 Å². The van der Waals surface area contributed by atoms with Gasteiger partial charge in [0.05, 0.1) is 18.1 Å². The monoisotopic (exact) mass is 165 g/mol. The van der Waals surface area contributed by atoms with Gasteiger partial charge in [-0.05, 0) is 18.9 Å². The lowest BCUT2D eigenvalue weighted by Crippen LogP contribution is -2.13. The molecule has 1 N–H and O–H groups in total. The molecule has 0 spiro atoms. The van der Waals surface area contributed by atoms with Crippen LogP contribution in [0.3, 0.4) is 0 Å². The summed E-state index contributed by atoms with van der Waals surface area (Å²) < 4.78 is 2.00. The summed E-state index contributed by atoms with van der Waals surface area (Å²) >= 11 is 0. The molecule has 2 rings (SSSR count). The van der Waals surface area contributed by atoms with Crippen molar-refractivity contribution in [1.82, 2.24) is 14.9 Å². The highest BCUT2D eigenvalue weighted by Gasteiger charge is 2.23. The number of hydrogen-bond acceptors (Lipinski definition) is 2. The second-order valence-corrected chi connectivity index (χ2v) is 3.77. The smallest absolute Gasteiger partial charge is 0.0947 e. The normalized spacial score (nSPS) is 29.5. The molecule has 0 amide bonds. The maximum atomic E-state index is 4.33. The molecule has 1 aromatic heterocycles. The van der Waals surface area contributed by atoms with Crippen molar-refractivity contribution in [2.75, 3.05) is 6.54 Å². The fourth-order valence-electron chi connectivity index (χ4n) is 1.75. The molecule has 3 heteroatoms. The Kier molecular flexibility index (Phi) is 1.89. The number of hydrogen-bond donors (Lipinski definition) is 1. The molecular weight excluding hydrogens is 150 g/mol. The quantitative estimate of drug-likeness (QED) is 0.675. The van der Waals surface area contributed by atoms with Crippen molar-refractivity contribution < 1.29 is 0 Å². The highest BCUT2D eigenvalue weighted by Crippen LogP contribution is 2.24. The molecule has 2 heterocycles. The third kappa shape index (κ3) is 1.37. The molecule has 1 aromatic rings. The summed E-state index contributed by atoms with van der Waals surface area (Å²) in [5, 5.41) is 3.46. The van der Waals surface area contributed by atoms with Gasteiger partial charge in [0.1, 0.15) is 0 Å². The third-order valence-electron chi connectivity index (χ3n) is 2.43. The van der Waals surface area contributed by atoms with Gasteiger partial charge in [0.15, 0.2) is 0 Å². The van der Waals surface area contributed by atoms with Gasteiger partial charge in [0.2, 0.25) is 0 Å². The molecule has 1 aliphatic heterocycles. The SMILES string of the molecule is CC1CNC(c2cn(C)cn2)C1. The summed E-state index contributed by atoms with van der Waals surface area (Å²) in [6.45, 7) is 3.40. The Morgan fingerprint density at radius 2 is 2.50 bits per heavy atom. The first-order valence-electron chi connectivity index (χ1n) is 4.47. The number of aromatic nitrogens is 2. The van der Waals surface area contributed by atoms with Gasteiger partial charge in [0, 0.05) is 13.2 Å². The van der Waals surface area contributed by atoms with Gasteiger partial charge in [-0.15, -0.1) is 0 Å². The molecule has 3 nitrogen and oxygen atoms in total. The van der Waals surface area contributed by atoms with Crippen LogP contribution >= 0.6 is 0 Å². The van der Waals surface area contributed by atoms with Gasteiger partial charge in [-0.2, -0.15) is 0 Å². The van der Waals surface area contributed by atoms with Crippen LogP contribution in [-0.2, 0) is 7.05 Å². The van der Waals surface area contributed by atoms with Crippen LogP contribution in [-0.4, -0.2) is 16.1 Å². The second kappa shape index (κ2) is 2.90. The Bertz CT molecular complexity index is 266. The lowest BCUT2D eigenvalue weighted by Gasteiger charge is -2.04. The van der Waals surface area contributed by atoms with Crippen LogP contribution in [0.15, 0.2) is 12.5 Å². The van der Waals surface area contributed by atoms with E-state index in [9.17, 15) is 0 Å². The van der Waals surface area contributed by atoms with Gasteiger partial charge in [-0.3, -0.25) is 0 Å². The van der Waals surface area contributed by atoms with Crippen LogP contribution in [0, 0.1) is 5.92 Å². The molecule has 2 unspecified atom stereocenters. The van der Waals surface area contributed by atoms with Crippen LogP contribution in [0.5, 0.6) is 0 Å². The van der Waals surface area contributed by atoms with Crippen LogP contribution in [0.25, 0.3) is 0 Å². The molecule has 12 heavy (non-hydrogen) atoms. The van der Waals surface area contributed by atoms with E-state index in [4.69, 9.17) is 0 Å². The Morgan fingerprint density at radius 3 is 3.00 bits per heavy atom. The van der Waals surface area contributed by atoms with Crippen molar-refractivity contribution in [1.29, 1.82) is 0 Å². The number of imidazole rings is 1. The van der Waals surface area contributed by atoms with Gasteiger partial charge in [0.25, 0.3) is 0 Å². The van der Waals surface area contributed by atoms with E-state index >= 15 is 0 Å². The van der Waals surface area contributed by atoms with Crippen molar-refractivity contribution in [2.24, 2.45) is 13.0 Å². The number of aryl methyl sites for hydroxylation is 1. The summed E-state index contributed by atoms with van der Waals surface area (Å²) in [4.78, 5) is 4.33. The highest BCUT2D eigenvalue weighted by atomic mass is 15.0. The fraction of sp³-hybridized carbons (Fsp3) is 0.667. The molecular formula is C9H15N3. The van der Waals surface area contributed by atoms with Crippen LogP contribution < -0.4 is 5.32 Å². The lowest BCUT2D eigenvalue weighted by atomic mass is 10.1. The van der Waals surface area contributed by atoms with Crippen molar-refractivity contribution in [2.45, 2.75) is 19.4 Å². The topological polar surface area (TPSA) is 29.9 Å². The molecule has 0 radical (unpaired) electrons. The number of nitrogens with zero attached hydrogens (tertiary/aromatic N) is 2. The molecule has 0 saturated carbocycles. The summed E-state index contributed by atoms with van der Waals surface area (Å²) in [5.74, 6) is 0.789. The summed E-state index contributed by atoms with van der Waals surface area (Å²) in [5.41, 5.74) is 1.18. The Hall–Kier alpha value is -0.830. The average Bonchev–Trinajstić information content (AvgIpc) is 2.58. The van der Waals surface area contributed by atoms with Crippen LogP contribution in [0.1, 0.15) is 25.1 Å². The summed E-state index contributed by atoms with van der Waals surface area (Å²) in [7, 11) is 2.01. The molecule has 0 aliphatic carbocycles. The van der Waals surface area contributed by atoms with E-state index in [0.717, 1.165) is 12.5 Å². The van der Waals surface area contributed by atoms with Crippen molar-refractivity contribution in [3.05, 3.63) is 18.2 Å². The maximum Gasteiger partial charge on any atom is 0.0947 e. The largest absolute Gasteiger partial charge is 0.340 e. The van der Waals surface area contributed by atoms with Gasteiger partial charge in [-0.1, -0.05) is 6.92 Å². The molecule has 1 saturated heterocycles. The van der Waals surface area contributed by atoms with Crippen LogP contribution in [0.2, 0.25) is 0 Å². The third-order valence-corrected chi connectivity index (χ3v) is 2.43. The fourth-order valence-corrected chi connectivity index (χ4v) is 1.75. The van der Waals surface area contributed by atoms with Gasteiger partial charge in [-0.25, -0.2) is 4.98 Å². The van der Waals surface area contributed by atoms with E-state index in [2.05, 4.69) is 23.4 Å². The zero-order valence-electron chi connectivity index (χ0n) is 7.62. The number of nitrogens with one attached hydrogen (secondary N) is 1. The van der Waals surface area contributed by atoms with Gasteiger partial charge >= 0.3 is 0 Å². The molecule has 1 fully saturated rings. The first-order chi connectivity index (χ1) is 5.75. The van der Waals surface area contributed by atoms with E-state index in [-0.39, 0.29) is 0 Å². The van der Waals surface area contributed by atoms with Crippen molar-refractivity contribution in [3.63, 3.8) is 0 Å². The highest BCUT2D eigenvalue weighted by molar-refractivity contribution is 5.05. The zero-order chi connectivity index (χ0) is 8.55. The molecule has 0 aromatic carbocycles. The average molecular weight is 165 g/mol. The summed E-state index contributed by atoms with van der Waals surface area (Å²) in [6, 6.07) is 0.487. The first kappa shape index (κ1) is 7.80. The number of rotatable bonds is 1. The molecule has 1 aliphatic rings. The van der Waals surface area contributed by atoms with E-state index in [1.165, 1.54) is 12.1 Å². The predicted octanol–water partition coefficient (Wildman–Crippen LogP) is 1.09. The maximum absolute atomic E-state index is 4.33. The Morgan fingerprint density at radius 1 is 1.67 bits per heavy atom.